The van der Waals surface area contributed by atoms with Crippen molar-refractivity contribution in [2.24, 2.45) is 0 Å². The summed E-state index contributed by atoms with van der Waals surface area (Å²) in [6.45, 7) is 1.85. The Bertz CT molecular complexity index is 701. The Kier molecular flexibility index (Phi) is 4.12. The zero-order valence-corrected chi connectivity index (χ0v) is 11.6. The lowest BCUT2D eigenvalue weighted by Gasteiger charge is -2.14. The van der Waals surface area contributed by atoms with E-state index >= 15 is 0 Å². The molecule has 0 aliphatic rings. The van der Waals surface area contributed by atoms with Crippen LogP contribution in [0.2, 0.25) is 0 Å². The molecule has 0 saturated carbocycles. The Morgan fingerprint density at radius 2 is 2.25 bits per heavy atom. The van der Waals surface area contributed by atoms with Gasteiger partial charge in [0.15, 0.2) is 0 Å². The van der Waals surface area contributed by atoms with Gasteiger partial charge in [-0.3, -0.25) is 0 Å². The third-order valence-electron chi connectivity index (χ3n) is 2.72. The quantitative estimate of drug-likeness (QED) is 0.857. The maximum Gasteiger partial charge on any atom is 0.242 e. The average molecular weight is 291 g/mol. The van der Waals surface area contributed by atoms with Crippen molar-refractivity contribution in [1.82, 2.24) is 19.7 Å². The van der Waals surface area contributed by atoms with Gasteiger partial charge in [-0.05, 0) is 18.6 Å². The van der Waals surface area contributed by atoms with Crippen LogP contribution in [0.15, 0.2) is 35.6 Å². The molecule has 0 saturated heterocycles. The summed E-state index contributed by atoms with van der Waals surface area (Å²) in [5.74, 6) is 0.553. The van der Waals surface area contributed by atoms with Crippen molar-refractivity contribution in [3.8, 4) is 6.07 Å². The van der Waals surface area contributed by atoms with Crippen molar-refractivity contribution in [3.63, 3.8) is 0 Å². The summed E-state index contributed by atoms with van der Waals surface area (Å²) < 4.78 is 27.0. The van der Waals surface area contributed by atoms with Gasteiger partial charge in [-0.1, -0.05) is 6.92 Å². The fraction of sp³-hybridized carbons (Fsp3) is 0.250. The first-order valence-electron chi connectivity index (χ1n) is 5.94. The Balaban J connectivity index is 2.24. The van der Waals surface area contributed by atoms with Crippen LogP contribution in [0.4, 0.5) is 0 Å². The number of aromatic amines is 1. The van der Waals surface area contributed by atoms with Gasteiger partial charge in [-0.15, -0.1) is 0 Å². The van der Waals surface area contributed by atoms with E-state index < -0.39 is 16.1 Å². The lowest BCUT2D eigenvalue weighted by Crippen LogP contribution is -2.29. The number of H-pyrrole nitrogens is 1. The van der Waals surface area contributed by atoms with E-state index in [2.05, 4.69) is 19.7 Å². The van der Waals surface area contributed by atoms with Crippen molar-refractivity contribution in [1.29, 1.82) is 5.26 Å². The van der Waals surface area contributed by atoms with Gasteiger partial charge in [0.2, 0.25) is 10.0 Å². The van der Waals surface area contributed by atoms with E-state index in [-0.39, 0.29) is 10.6 Å². The molecular weight excluding hydrogens is 278 g/mol. The van der Waals surface area contributed by atoms with Crippen LogP contribution in [0.25, 0.3) is 0 Å². The molecule has 2 aromatic heterocycles. The largest absolute Gasteiger partial charge is 0.347 e. The summed E-state index contributed by atoms with van der Waals surface area (Å²) in [4.78, 5) is 10.7. The summed E-state index contributed by atoms with van der Waals surface area (Å²) in [5, 5.41) is 8.65. The lowest BCUT2D eigenvalue weighted by molar-refractivity contribution is 0.539. The van der Waals surface area contributed by atoms with E-state index in [4.69, 9.17) is 5.26 Å². The van der Waals surface area contributed by atoms with Crippen LogP contribution in [0.3, 0.4) is 0 Å². The monoisotopic (exact) mass is 291 g/mol. The van der Waals surface area contributed by atoms with Crippen LogP contribution in [0, 0.1) is 11.3 Å². The Morgan fingerprint density at radius 1 is 1.45 bits per heavy atom. The van der Waals surface area contributed by atoms with Gasteiger partial charge in [0.05, 0.1) is 6.04 Å². The predicted molar refractivity (Wildman–Crippen MR) is 70.9 cm³/mol. The number of rotatable bonds is 5. The summed E-state index contributed by atoms with van der Waals surface area (Å²) in [6.07, 6.45) is 4.91. The SMILES string of the molecule is CCC(NS(=O)(=O)c1ccc(C#N)nc1)c1ncc[nH]1. The van der Waals surface area contributed by atoms with Crippen molar-refractivity contribution in [2.75, 3.05) is 0 Å². The van der Waals surface area contributed by atoms with Gasteiger partial charge in [0, 0.05) is 18.6 Å². The van der Waals surface area contributed by atoms with Gasteiger partial charge >= 0.3 is 0 Å². The van der Waals surface area contributed by atoms with Crippen molar-refractivity contribution < 1.29 is 8.42 Å². The van der Waals surface area contributed by atoms with Crippen molar-refractivity contribution in [2.45, 2.75) is 24.3 Å². The molecule has 2 N–H and O–H groups in total. The van der Waals surface area contributed by atoms with Gasteiger partial charge in [-0.2, -0.15) is 5.26 Å². The third kappa shape index (κ3) is 3.01. The third-order valence-corrected chi connectivity index (χ3v) is 4.17. The zero-order chi connectivity index (χ0) is 14.6. The summed E-state index contributed by atoms with van der Waals surface area (Å²) in [6, 6.07) is 4.11. The van der Waals surface area contributed by atoms with E-state index in [1.807, 2.05) is 13.0 Å². The van der Waals surface area contributed by atoms with Crippen LogP contribution >= 0.6 is 0 Å². The number of hydrogen-bond acceptors (Lipinski definition) is 5. The van der Waals surface area contributed by atoms with Crippen molar-refractivity contribution in [3.05, 3.63) is 42.2 Å². The number of imidazole rings is 1. The van der Waals surface area contributed by atoms with E-state index in [1.165, 1.54) is 12.1 Å². The normalized spacial score (nSPS) is 12.8. The molecular formula is C12H13N5O2S. The molecule has 104 valence electrons. The molecule has 7 nitrogen and oxygen atoms in total. The molecule has 0 aromatic carbocycles. The number of sulfonamides is 1. The molecule has 2 aromatic rings. The van der Waals surface area contributed by atoms with E-state index in [0.29, 0.717) is 12.2 Å². The fourth-order valence-corrected chi connectivity index (χ4v) is 2.89. The van der Waals surface area contributed by atoms with Crippen LogP contribution < -0.4 is 4.72 Å². The second kappa shape index (κ2) is 5.81. The number of nitriles is 1. The minimum atomic E-state index is -3.70. The zero-order valence-electron chi connectivity index (χ0n) is 10.7. The van der Waals surface area contributed by atoms with E-state index in [0.717, 1.165) is 6.20 Å². The fourth-order valence-electron chi connectivity index (χ4n) is 1.66. The minimum absolute atomic E-state index is 0.0153. The number of nitrogens with one attached hydrogen (secondary N) is 2. The highest BCUT2D eigenvalue weighted by molar-refractivity contribution is 7.89. The first kappa shape index (κ1) is 14.2. The molecule has 8 heteroatoms. The molecule has 1 unspecified atom stereocenters. The van der Waals surface area contributed by atoms with Gasteiger partial charge in [-0.25, -0.2) is 23.1 Å². The highest BCUT2D eigenvalue weighted by Crippen LogP contribution is 2.16. The second-order valence-corrected chi connectivity index (χ2v) is 5.76. The molecule has 2 rings (SSSR count). The maximum absolute atomic E-state index is 12.2. The topological polar surface area (TPSA) is 112 Å². The van der Waals surface area contributed by atoms with Gasteiger partial charge in [0.1, 0.15) is 22.5 Å². The molecule has 20 heavy (non-hydrogen) atoms. The molecule has 0 aliphatic carbocycles. The first-order valence-corrected chi connectivity index (χ1v) is 7.43. The van der Waals surface area contributed by atoms with Crippen LogP contribution in [-0.2, 0) is 10.0 Å². The van der Waals surface area contributed by atoms with Gasteiger partial charge in [0.25, 0.3) is 0 Å². The summed E-state index contributed by atoms with van der Waals surface area (Å²) in [5.41, 5.74) is 0.169. The molecule has 0 radical (unpaired) electrons. The van der Waals surface area contributed by atoms with Crippen molar-refractivity contribution >= 4 is 10.0 Å². The Morgan fingerprint density at radius 3 is 2.75 bits per heavy atom. The highest BCUT2D eigenvalue weighted by Gasteiger charge is 2.21. The van der Waals surface area contributed by atoms with Gasteiger partial charge < -0.3 is 4.98 Å². The van der Waals surface area contributed by atoms with Crippen LogP contribution in [0.5, 0.6) is 0 Å². The van der Waals surface area contributed by atoms with Crippen LogP contribution in [-0.4, -0.2) is 23.4 Å². The first-order chi connectivity index (χ1) is 9.56. The Labute approximate surface area is 116 Å². The minimum Gasteiger partial charge on any atom is -0.347 e. The number of hydrogen-bond donors (Lipinski definition) is 2. The maximum atomic E-state index is 12.2. The standard InChI is InChI=1S/C12H13N5O2S/c1-2-11(12-14-5-6-15-12)17-20(18,19)10-4-3-9(7-13)16-8-10/h3-6,8,11,17H,2H2,1H3,(H,14,15). The number of pyridine rings is 1. The predicted octanol–water partition coefficient (Wildman–Crippen LogP) is 1.11. The highest BCUT2D eigenvalue weighted by atomic mass is 32.2. The molecule has 0 aliphatic heterocycles. The molecule has 1 atom stereocenters. The average Bonchev–Trinajstić information content (AvgIpc) is 2.99. The smallest absolute Gasteiger partial charge is 0.242 e. The summed E-state index contributed by atoms with van der Waals surface area (Å²) in [7, 11) is -3.70. The lowest BCUT2D eigenvalue weighted by atomic mass is 10.2. The van der Waals surface area contributed by atoms with Crippen LogP contribution in [0.1, 0.15) is 30.9 Å². The second-order valence-electron chi connectivity index (χ2n) is 4.05. The van der Waals surface area contributed by atoms with E-state index in [9.17, 15) is 8.42 Å². The molecule has 0 fully saturated rings. The Hall–Kier alpha value is -2.24. The molecule has 0 spiro atoms. The number of nitrogens with zero attached hydrogens (tertiary/aromatic N) is 3. The molecule has 0 amide bonds. The molecule has 0 bridgehead atoms. The molecule has 2 heterocycles. The van der Waals surface area contributed by atoms with E-state index in [1.54, 1.807) is 12.4 Å². The summed E-state index contributed by atoms with van der Waals surface area (Å²) >= 11 is 0. The number of aromatic nitrogens is 3.